The molecule has 0 amide bonds. The number of hydrogen-bond acceptors (Lipinski definition) is 3. The maximum Gasteiger partial charge on any atom is 0.0956 e. The zero-order chi connectivity index (χ0) is 10.1. The molecule has 0 aliphatic heterocycles. The molecule has 3 heteroatoms. The highest BCUT2D eigenvalue weighted by Crippen LogP contribution is 2.21. The van der Waals surface area contributed by atoms with Crippen molar-refractivity contribution >= 4 is 11.3 Å². The fourth-order valence-electron chi connectivity index (χ4n) is 1.04. The summed E-state index contributed by atoms with van der Waals surface area (Å²) in [6.45, 7) is 7.87. The first kappa shape index (κ1) is 10.7. The fraction of sp³-hybridized carbons (Fsp3) is 0.700. The summed E-state index contributed by atoms with van der Waals surface area (Å²) in [7, 11) is 0. The molecule has 1 aromatic heterocycles. The minimum absolute atomic E-state index is 0.479. The third-order valence-corrected chi connectivity index (χ3v) is 2.61. The van der Waals surface area contributed by atoms with E-state index < -0.39 is 5.60 Å². The fourth-order valence-corrected chi connectivity index (χ4v) is 2.22. The van der Waals surface area contributed by atoms with Crippen LogP contribution in [0.4, 0.5) is 0 Å². The Bertz CT molecular complexity index is 273. The molecule has 13 heavy (non-hydrogen) atoms. The van der Waals surface area contributed by atoms with Crippen molar-refractivity contribution in [3.05, 3.63) is 16.1 Å². The van der Waals surface area contributed by atoms with Crippen LogP contribution in [0.3, 0.4) is 0 Å². The molecule has 74 valence electrons. The molecule has 0 bridgehead atoms. The van der Waals surface area contributed by atoms with Crippen LogP contribution in [0.1, 0.15) is 44.3 Å². The Labute approximate surface area is 83.6 Å². The van der Waals surface area contributed by atoms with Gasteiger partial charge in [0.15, 0.2) is 0 Å². The van der Waals surface area contributed by atoms with Gasteiger partial charge in [-0.3, -0.25) is 0 Å². The number of aliphatic hydroxyl groups is 1. The van der Waals surface area contributed by atoms with Gasteiger partial charge in [0.25, 0.3) is 0 Å². The SMILES string of the molecule is CC(C)c1csc(CC(C)(C)O)n1. The van der Waals surface area contributed by atoms with E-state index in [2.05, 4.69) is 24.2 Å². The molecule has 0 saturated heterocycles. The summed E-state index contributed by atoms with van der Waals surface area (Å²) in [6.07, 6.45) is 0.643. The van der Waals surface area contributed by atoms with Crippen LogP contribution in [0.5, 0.6) is 0 Å². The van der Waals surface area contributed by atoms with E-state index >= 15 is 0 Å². The van der Waals surface area contributed by atoms with Crippen LogP contribution < -0.4 is 0 Å². The van der Waals surface area contributed by atoms with Crippen molar-refractivity contribution in [2.45, 2.75) is 45.6 Å². The van der Waals surface area contributed by atoms with Gasteiger partial charge < -0.3 is 5.11 Å². The lowest BCUT2D eigenvalue weighted by Gasteiger charge is -2.14. The average Bonchev–Trinajstić information content (AvgIpc) is 2.31. The molecule has 1 N–H and O–H groups in total. The Morgan fingerprint density at radius 2 is 2.15 bits per heavy atom. The first-order valence-electron chi connectivity index (χ1n) is 4.55. The van der Waals surface area contributed by atoms with Crippen molar-refractivity contribution in [1.29, 1.82) is 0 Å². The molecular weight excluding hydrogens is 182 g/mol. The van der Waals surface area contributed by atoms with Crippen molar-refractivity contribution in [2.75, 3.05) is 0 Å². The van der Waals surface area contributed by atoms with Crippen LogP contribution in [0.15, 0.2) is 5.38 Å². The molecule has 0 radical (unpaired) electrons. The smallest absolute Gasteiger partial charge is 0.0956 e. The predicted octanol–water partition coefficient (Wildman–Crippen LogP) is 2.58. The molecule has 0 aliphatic carbocycles. The number of aromatic nitrogens is 1. The molecule has 0 unspecified atom stereocenters. The third kappa shape index (κ3) is 3.44. The molecular formula is C10H17NOS. The molecule has 0 spiro atoms. The summed E-state index contributed by atoms with van der Waals surface area (Å²) in [6, 6.07) is 0. The maximum atomic E-state index is 9.59. The van der Waals surface area contributed by atoms with Gasteiger partial charge in [-0.25, -0.2) is 4.98 Å². The Morgan fingerprint density at radius 1 is 1.54 bits per heavy atom. The van der Waals surface area contributed by atoms with Gasteiger partial charge in [-0.2, -0.15) is 0 Å². The van der Waals surface area contributed by atoms with E-state index in [9.17, 15) is 5.11 Å². The lowest BCUT2D eigenvalue weighted by molar-refractivity contribution is 0.0809. The summed E-state index contributed by atoms with van der Waals surface area (Å²) in [4.78, 5) is 4.45. The monoisotopic (exact) mass is 199 g/mol. The molecule has 0 aliphatic rings. The molecule has 0 atom stereocenters. The average molecular weight is 199 g/mol. The molecule has 0 fully saturated rings. The van der Waals surface area contributed by atoms with Crippen LogP contribution in [-0.4, -0.2) is 15.7 Å². The molecule has 0 saturated carbocycles. The Balaban J connectivity index is 2.70. The standard InChI is InChI=1S/C10H17NOS/c1-7(2)8-6-13-9(11-8)5-10(3,4)12/h6-7,12H,5H2,1-4H3. The second-order valence-corrected chi connectivity index (χ2v) is 5.25. The number of thiazole rings is 1. The van der Waals surface area contributed by atoms with Gasteiger partial charge in [-0.05, 0) is 19.8 Å². The summed E-state index contributed by atoms with van der Waals surface area (Å²) in [5.74, 6) is 0.479. The zero-order valence-corrected chi connectivity index (χ0v) is 9.48. The van der Waals surface area contributed by atoms with Crippen LogP contribution in [0.25, 0.3) is 0 Å². The summed E-state index contributed by atoms with van der Waals surface area (Å²) in [5.41, 5.74) is 0.482. The van der Waals surface area contributed by atoms with Crippen LogP contribution >= 0.6 is 11.3 Å². The van der Waals surface area contributed by atoms with Crippen LogP contribution in [0.2, 0.25) is 0 Å². The van der Waals surface area contributed by atoms with Gasteiger partial charge in [0.2, 0.25) is 0 Å². The van der Waals surface area contributed by atoms with Crippen molar-refractivity contribution in [2.24, 2.45) is 0 Å². The highest BCUT2D eigenvalue weighted by atomic mass is 32.1. The predicted molar refractivity (Wildman–Crippen MR) is 56.2 cm³/mol. The van der Waals surface area contributed by atoms with Gasteiger partial charge in [0.1, 0.15) is 0 Å². The molecule has 1 heterocycles. The molecule has 1 aromatic rings. The van der Waals surface area contributed by atoms with Gasteiger partial charge in [0.05, 0.1) is 16.3 Å². The van der Waals surface area contributed by atoms with Gasteiger partial charge in [-0.15, -0.1) is 11.3 Å². The van der Waals surface area contributed by atoms with E-state index in [1.54, 1.807) is 11.3 Å². The minimum Gasteiger partial charge on any atom is -0.390 e. The van der Waals surface area contributed by atoms with Crippen LogP contribution in [0, 0.1) is 0 Å². The van der Waals surface area contributed by atoms with E-state index in [0.29, 0.717) is 12.3 Å². The molecule has 1 rings (SSSR count). The largest absolute Gasteiger partial charge is 0.390 e. The quantitative estimate of drug-likeness (QED) is 0.811. The van der Waals surface area contributed by atoms with E-state index in [1.807, 2.05) is 13.8 Å². The molecule has 0 aromatic carbocycles. The van der Waals surface area contributed by atoms with E-state index in [1.165, 1.54) is 0 Å². The Morgan fingerprint density at radius 3 is 2.54 bits per heavy atom. The topological polar surface area (TPSA) is 33.1 Å². The third-order valence-electron chi connectivity index (χ3n) is 1.74. The zero-order valence-electron chi connectivity index (χ0n) is 8.66. The van der Waals surface area contributed by atoms with Crippen LogP contribution in [-0.2, 0) is 6.42 Å². The number of hydrogen-bond donors (Lipinski definition) is 1. The second kappa shape index (κ2) is 3.76. The van der Waals surface area contributed by atoms with E-state index in [0.717, 1.165) is 10.7 Å². The Kier molecular flexibility index (Phi) is 3.09. The number of nitrogens with zero attached hydrogens (tertiary/aromatic N) is 1. The lowest BCUT2D eigenvalue weighted by atomic mass is 10.1. The van der Waals surface area contributed by atoms with Crippen molar-refractivity contribution in [3.8, 4) is 0 Å². The minimum atomic E-state index is -0.647. The first-order chi connectivity index (χ1) is 5.88. The summed E-state index contributed by atoms with van der Waals surface area (Å²) < 4.78 is 0. The van der Waals surface area contributed by atoms with E-state index in [4.69, 9.17) is 0 Å². The van der Waals surface area contributed by atoms with Crippen molar-refractivity contribution in [3.63, 3.8) is 0 Å². The van der Waals surface area contributed by atoms with Gasteiger partial charge in [0, 0.05) is 11.8 Å². The normalized spacial score (nSPS) is 12.5. The summed E-state index contributed by atoms with van der Waals surface area (Å²) in [5, 5.41) is 12.7. The number of rotatable bonds is 3. The van der Waals surface area contributed by atoms with Crippen molar-refractivity contribution < 1.29 is 5.11 Å². The van der Waals surface area contributed by atoms with Gasteiger partial charge >= 0.3 is 0 Å². The van der Waals surface area contributed by atoms with Crippen molar-refractivity contribution in [1.82, 2.24) is 4.98 Å². The highest BCUT2D eigenvalue weighted by Gasteiger charge is 2.16. The summed E-state index contributed by atoms with van der Waals surface area (Å²) >= 11 is 1.63. The maximum absolute atomic E-state index is 9.59. The van der Waals surface area contributed by atoms with E-state index in [-0.39, 0.29) is 0 Å². The lowest BCUT2D eigenvalue weighted by Crippen LogP contribution is -2.21. The first-order valence-corrected chi connectivity index (χ1v) is 5.43. The highest BCUT2D eigenvalue weighted by molar-refractivity contribution is 7.09. The van der Waals surface area contributed by atoms with Gasteiger partial charge in [-0.1, -0.05) is 13.8 Å². The Hall–Kier alpha value is -0.410. The molecule has 2 nitrogen and oxygen atoms in total. The second-order valence-electron chi connectivity index (χ2n) is 4.31.